The van der Waals surface area contributed by atoms with E-state index < -0.39 is 6.17 Å². The Kier molecular flexibility index (Phi) is 6.31. The normalized spacial score (nSPS) is 29.8. The summed E-state index contributed by atoms with van der Waals surface area (Å²) in [6.45, 7) is 9.91. The molecular formula is C11H24FN. The first-order valence-corrected chi connectivity index (χ1v) is 5.44. The molecule has 1 fully saturated rings. The lowest BCUT2D eigenvalue weighted by atomic mass is 9.85. The fourth-order valence-corrected chi connectivity index (χ4v) is 1.83. The second kappa shape index (κ2) is 6.36. The summed E-state index contributed by atoms with van der Waals surface area (Å²) < 4.78 is 13.3. The molecular weight excluding hydrogens is 165 g/mol. The third-order valence-corrected chi connectivity index (χ3v) is 2.65. The number of hydrogen-bond acceptors (Lipinski definition) is 1. The van der Waals surface area contributed by atoms with Crippen LogP contribution in [0.2, 0.25) is 0 Å². The molecule has 1 saturated heterocycles. The van der Waals surface area contributed by atoms with Gasteiger partial charge in [0.1, 0.15) is 6.17 Å². The Labute approximate surface area is 82.3 Å². The summed E-state index contributed by atoms with van der Waals surface area (Å²) in [5.74, 6) is 0.796. The summed E-state index contributed by atoms with van der Waals surface area (Å²) in [4.78, 5) is 2.07. The van der Waals surface area contributed by atoms with Gasteiger partial charge in [-0.25, -0.2) is 4.39 Å². The Morgan fingerprint density at radius 1 is 1.31 bits per heavy atom. The van der Waals surface area contributed by atoms with Crippen LogP contribution in [-0.2, 0) is 0 Å². The zero-order valence-corrected chi connectivity index (χ0v) is 9.68. The Morgan fingerprint density at radius 3 is 2.23 bits per heavy atom. The lowest BCUT2D eigenvalue weighted by molar-refractivity contribution is 0.0758. The van der Waals surface area contributed by atoms with Gasteiger partial charge < -0.3 is 4.90 Å². The van der Waals surface area contributed by atoms with Gasteiger partial charge in [-0.15, -0.1) is 0 Å². The van der Waals surface area contributed by atoms with Crippen LogP contribution in [0.25, 0.3) is 0 Å². The average molecular weight is 189 g/mol. The minimum atomic E-state index is -0.603. The summed E-state index contributed by atoms with van der Waals surface area (Å²) in [6.07, 6.45) is 0.420. The van der Waals surface area contributed by atoms with E-state index in [1.54, 1.807) is 0 Å². The molecule has 1 heterocycles. The first-order valence-electron chi connectivity index (χ1n) is 5.44. The van der Waals surface area contributed by atoms with Gasteiger partial charge in [-0.1, -0.05) is 27.7 Å². The largest absolute Gasteiger partial charge is 0.303 e. The molecule has 0 aromatic carbocycles. The van der Waals surface area contributed by atoms with E-state index in [1.807, 2.05) is 20.9 Å². The number of nitrogens with zero attached hydrogens (tertiary/aromatic N) is 1. The van der Waals surface area contributed by atoms with E-state index in [1.165, 1.54) is 0 Å². The van der Waals surface area contributed by atoms with Crippen molar-refractivity contribution < 1.29 is 4.39 Å². The summed E-state index contributed by atoms with van der Waals surface area (Å²) in [5.41, 5.74) is 0. The van der Waals surface area contributed by atoms with E-state index in [-0.39, 0.29) is 0 Å². The van der Waals surface area contributed by atoms with Crippen LogP contribution >= 0.6 is 0 Å². The number of rotatable bonds is 1. The average Bonchev–Trinajstić information content (AvgIpc) is 2.07. The van der Waals surface area contributed by atoms with Crippen LogP contribution in [0.3, 0.4) is 0 Å². The third-order valence-electron chi connectivity index (χ3n) is 2.65. The standard InChI is InChI=1S/C9H18FN.C2H6/c1-7(2)8-4-5-11(3)6-9(8)10;1-2/h7-9H,4-6H2,1-3H3;1-2H3. The monoisotopic (exact) mass is 189 g/mol. The second-order valence-corrected chi connectivity index (χ2v) is 3.97. The van der Waals surface area contributed by atoms with Gasteiger partial charge in [0.05, 0.1) is 0 Å². The number of halogens is 1. The van der Waals surface area contributed by atoms with Crippen molar-refractivity contribution in [2.45, 2.75) is 40.3 Å². The third kappa shape index (κ3) is 4.08. The molecule has 1 aliphatic rings. The summed E-state index contributed by atoms with van der Waals surface area (Å²) in [6, 6.07) is 0. The molecule has 13 heavy (non-hydrogen) atoms. The molecule has 0 N–H and O–H groups in total. The van der Waals surface area contributed by atoms with Gasteiger partial charge in [0, 0.05) is 6.54 Å². The predicted molar refractivity (Wildman–Crippen MR) is 56.7 cm³/mol. The smallest absolute Gasteiger partial charge is 0.116 e. The highest BCUT2D eigenvalue weighted by Gasteiger charge is 2.29. The van der Waals surface area contributed by atoms with Gasteiger partial charge in [-0.2, -0.15) is 0 Å². The number of likely N-dealkylation sites (tertiary alicyclic amines) is 1. The number of piperidine rings is 1. The minimum Gasteiger partial charge on any atom is -0.303 e. The molecule has 1 nitrogen and oxygen atoms in total. The molecule has 2 unspecified atom stereocenters. The van der Waals surface area contributed by atoms with E-state index in [9.17, 15) is 4.39 Å². The maximum Gasteiger partial charge on any atom is 0.116 e. The van der Waals surface area contributed by atoms with Crippen molar-refractivity contribution in [1.29, 1.82) is 0 Å². The van der Waals surface area contributed by atoms with E-state index in [0.29, 0.717) is 18.4 Å². The van der Waals surface area contributed by atoms with Crippen molar-refractivity contribution in [3.05, 3.63) is 0 Å². The molecule has 2 atom stereocenters. The van der Waals surface area contributed by atoms with Crippen LogP contribution in [0.1, 0.15) is 34.1 Å². The second-order valence-electron chi connectivity index (χ2n) is 3.97. The minimum absolute atomic E-state index is 0.297. The van der Waals surface area contributed by atoms with Gasteiger partial charge in [0.2, 0.25) is 0 Å². The van der Waals surface area contributed by atoms with Crippen molar-refractivity contribution in [1.82, 2.24) is 4.90 Å². The van der Waals surface area contributed by atoms with Gasteiger partial charge in [0.25, 0.3) is 0 Å². The van der Waals surface area contributed by atoms with Crippen LogP contribution < -0.4 is 0 Å². The molecule has 80 valence electrons. The fourth-order valence-electron chi connectivity index (χ4n) is 1.83. The lowest BCUT2D eigenvalue weighted by Crippen LogP contribution is -2.41. The maximum absolute atomic E-state index is 13.3. The Bertz CT molecular complexity index is 125. The summed E-state index contributed by atoms with van der Waals surface area (Å²) in [7, 11) is 1.99. The highest BCUT2D eigenvalue weighted by Crippen LogP contribution is 2.26. The molecule has 0 bridgehead atoms. The topological polar surface area (TPSA) is 3.24 Å². The van der Waals surface area contributed by atoms with Crippen molar-refractivity contribution >= 4 is 0 Å². The fraction of sp³-hybridized carbons (Fsp3) is 1.00. The summed E-state index contributed by atoms with van der Waals surface area (Å²) in [5, 5.41) is 0. The van der Waals surface area contributed by atoms with Gasteiger partial charge >= 0.3 is 0 Å². The lowest BCUT2D eigenvalue weighted by Gasteiger charge is -2.34. The van der Waals surface area contributed by atoms with E-state index in [2.05, 4.69) is 18.7 Å². The summed E-state index contributed by atoms with van der Waals surface area (Å²) >= 11 is 0. The van der Waals surface area contributed by atoms with E-state index >= 15 is 0 Å². The van der Waals surface area contributed by atoms with E-state index in [0.717, 1.165) is 13.0 Å². The molecule has 0 amide bonds. The van der Waals surface area contributed by atoms with Crippen LogP contribution in [0, 0.1) is 11.8 Å². The Hall–Kier alpha value is -0.110. The predicted octanol–water partition coefficient (Wildman–Crippen LogP) is 2.96. The molecule has 0 aliphatic carbocycles. The number of hydrogen-bond donors (Lipinski definition) is 0. The first-order chi connectivity index (χ1) is 6.11. The van der Waals surface area contributed by atoms with Crippen molar-refractivity contribution in [3.8, 4) is 0 Å². The van der Waals surface area contributed by atoms with Crippen LogP contribution in [0.15, 0.2) is 0 Å². The van der Waals surface area contributed by atoms with Crippen LogP contribution in [0.4, 0.5) is 4.39 Å². The molecule has 1 aliphatic heterocycles. The van der Waals surface area contributed by atoms with Gasteiger partial charge in [-0.05, 0) is 31.8 Å². The maximum atomic E-state index is 13.3. The van der Waals surface area contributed by atoms with Crippen molar-refractivity contribution in [2.75, 3.05) is 20.1 Å². The zero-order chi connectivity index (χ0) is 10.4. The molecule has 2 heteroatoms. The Balaban J connectivity index is 0.000000671. The number of alkyl halides is 1. The van der Waals surface area contributed by atoms with Crippen molar-refractivity contribution in [2.24, 2.45) is 11.8 Å². The van der Waals surface area contributed by atoms with Crippen LogP contribution in [0.5, 0.6) is 0 Å². The van der Waals surface area contributed by atoms with Gasteiger partial charge in [-0.3, -0.25) is 0 Å². The Morgan fingerprint density at radius 2 is 1.85 bits per heavy atom. The SMILES string of the molecule is CC.CC(C)C1CCN(C)CC1F. The zero-order valence-electron chi connectivity index (χ0n) is 9.68. The molecule has 0 radical (unpaired) electrons. The molecule has 0 spiro atoms. The van der Waals surface area contributed by atoms with Crippen LogP contribution in [-0.4, -0.2) is 31.2 Å². The molecule has 0 aromatic heterocycles. The highest BCUT2D eigenvalue weighted by molar-refractivity contribution is 4.80. The highest BCUT2D eigenvalue weighted by atomic mass is 19.1. The van der Waals surface area contributed by atoms with E-state index in [4.69, 9.17) is 0 Å². The molecule has 0 saturated carbocycles. The molecule has 0 aromatic rings. The first kappa shape index (κ1) is 12.9. The molecule has 1 rings (SSSR count). The van der Waals surface area contributed by atoms with Gasteiger partial charge in [0.15, 0.2) is 0 Å². The quantitative estimate of drug-likeness (QED) is 0.613. The van der Waals surface area contributed by atoms with Crippen molar-refractivity contribution in [3.63, 3.8) is 0 Å².